The van der Waals surface area contributed by atoms with E-state index in [2.05, 4.69) is 11.9 Å². The number of carbonyl (C=O) groups excluding carboxylic acids is 1. The number of carbonyl (C=O) groups is 1. The number of nitrogens with zero attached hydrogens (tertiary/aromatic N) is 3. The molecule has 7 heteroatoms. The molecule has 28 heavy (non-hydrogen) atoms. The molecular formula is C21H21N3O4. The zero-order valence-electron chi connectivity index (χ0n) is 15.8. The molecule has 1 aliphatic carbocycles. The van der Waals surface area contributed by atoms with E-state index >= 15 is 0 Å². The van der Waals surface area contributed by atoms with Gasteiger partial charge in [0.2, 0.25) is 5.65 Å². The van der Waals surface area contributed by atoms with Crippen LogP contribution in [-0.4, -0.2) is 39.2 Å². The van der Waals surface area contributed by atoms with Crippen LogP contribution < -0.4 is 9.47 Å². The van der Waals surface area contributed by atoms with Crippen LogP contribution in [0.3, 0.4) is 0 Å². The molecule has 0 spiro atoms. The predicted octanol–water partition coefficient (Wildman–Crippen LogP) is 3.17. The summed E-state index contributed by atoms with van der Waals surface area (Å²) in [4.78, 5) is 21.7. The van der Waals surface area contributed by atoms with E-state index in [4.69, 9.17) is 19.2 Å². The second-order valence-electron chi connectivity index (χ2n) is 7.80. The molecule has 4 heterocycles. The van der Waals surface area contributed by atoms with Gasteiger partial charge in [0.1, 0.15) is 5.75 Å². The molecule has 1 saturated carbocycles. The minimum atomic E-state index is -0.539. The number of rotatable bonds is 5. The Labute approximate surface area is 162 Å². The molecule has 0 N–H and O–H groups in total. The summed E-state index contributed by atoms with van der Waals surface area (Å²) in [6.45, 7) is 5.11. The van der Waals surface area contributed by atoms with Crippen molar-refractivity contribution in [3.8, 4) is 11.6 Å². The second kappa shape index (κ2) is 6.04. The monoisotopic (exact) mass is 379 g/mol. The maximum Gasteiger partial charge on any atom is 0.364 e. The van der Waals surface area contributed by atoms with E-state index in [-0.39, 0.29) is 16.7 Å². The minimum Gasteiger partial charge on any atom is -0.475 e. The molecule has 3 fully saturated rings. The first kappa shape index (κ1) is 17.2. The number of fused-ring (bicyclic) bond motifs is 2. The zero-order chi connectivity index (χ0) is 19.4. The lowest BCUT2D eigenvalue weighted by Crippen LogP contribution is -2.45. The summed E-state index contributed by atoms with van der Waals surface area (Å²) in [6, 6.07) is 8.92. The first-order valence-electron chi connectivity index (χ1n) is 9.45. The Kier molecular flexibility index (Phi) is 3.71. The molecule has 0 unspecified atom stereocenters. The highest BCUT2D eigenvalue weighted by atomic mass is 16.5. The first-order valence-corrected chi connectivity index (χ1v) is 9.45. The number of ether oxygens (including phenoxy) is 3. The normalized spacial score (nSPS) is 25.5. The number of hydrogen-bond acceptors (Lipinski definition) is 6. The molecule has 144 valence electrons. The van der Waals surface area contributed by atoms with Gasteiger partial charge in [-0.05, 0) is 38.8 Å². The van der Waals surface area contributed by atoms with Crippen molar-refractivity contribution in [1.29, 1.82) is 0 Å². The largest absolute Gasteiger partial charge is 0.475 e. The summed E-state index contributed by atoms with van der Waals surface area (Å²) in [5, 5.41) is 0. The van der Waals surface area contributed by atoms with Gasteiger partial charge in [-0.25, -0.2) is 14.8 Å². The molecule has 2 saturated heterocycles. The number of imidazole rings is 1. The van der Waals surface area contributed by atoms with Crippen molar-refractivity contribution in [3.05, 3.63) is 54.1 Å². The molecule has 2 aromatic heterocycles. The van der Waals surface area contributed by atoms with Crippen molar-refractivity contribution in [1.82, 2.24) is 14.4 Å². The van der Waals surface area contributed by atoms with Crippen LogP contribution in [0.1, 0.15) is 42.9 Å². The molecule has 6 rings (SSSR count). The molecule has 2 aliphatic heterocycles. The Morgan fingerprint density at radius 2 is 2.00 bits per heavy atom. The summed E-state index contributed by atoms with van der Waals surface area (Å²) < 4.78 is 18.8. The van der Waals surface area contributed by atoms with Crippen molar-refractivity contribution in [2.45, 2.75) is 37.7 Å². The van der Waals surface area contributed by atoms with Crippen LogP contribution in [0.2, 0.25) is 0 Å². The third-order valence-electron chi connectivity index (χ3n) is 5.52. The second-order valence-corrected chi connectivity index (χ2v) is 7.80. The molecule has 0 atom stereocenters. The lowest BCUT2D eigenvalue weighted by atomic mass is 9.62. The summed E-state index contributed by atoms with van der Waals surface area (Å²) in [6.07, 6.45) is 5.52. The van der Waals surface area contributed by atoms with Crippen LogP contribution in [0.25, 0.3) is 5.65 Å². The zero-order valence-corrected chi connectivity index (χ0v) is 15.8. The van der Waals surface area contributed by atoms with Gasteiger partial charge in [-0.2, -0.15) is 0 Å². The molecule has 2 bridgehead atoms. The number of benzene rings is 1. The Morgan fingerprint density at radius 1 is 1.21 bits per heavy atom. The van der Waals surface area contributed by atoms with Crippen molar-refractivity contribution in [2.24, 2.45) is 0 Å². The number of aromatic nitrogens is 3. The van der Waals surface area contributed by atoms with E-state index in [1.165, 1.54) is 0 Å². The number of hydrogen-bond donors (Lipinski definition) is 0. The molecule has 0 radical (unpaired) electrons. The fraction of sp³-hybridized carbons (Fsp3) is 0.381. The van der Waals surface area contributed by atoms with E-state index in [0.29, 0.717) is 30.5 Å². The van der Waals surface area contributed by atoms with Gasteiger partial charge < -0.3 is 14.2 Å². The fourth-order valence-corrected chi connectivity index (χ4v) is 4.36. The molecule has 3 aromatic rings. The maximum absolute atomic E-state index is 12.6. The topological polar surface area (TPSA) is 75.0 Å². The van der Waals surface area contributed by atoms with Crippen LogP contribution in [0.5, 0.6) is 11.6 Å². The summed E-state index contributed by atoms with van der Waals surface area (Å²) in [5.74, 6) is 0.256. The molecule has 7 nitrogen and oxygen atoms in total. The third-order valence-corrected chi connectivity index (χ3v) is 5.52. The molecular weight excluding hydrogens is 358 g/mol. The lowest BCUT2D eigenvalue weighted by Gasteiger charge is -2.41. The van der Waals surface area contributed by atoms with E-state index in [0.717, 1.165) is 18.5 Å². The van der Waals surface area contributed by atoms with Crippen LogP contribution in [-0.2, 0) is 10.2 Å². The van der Waals surface area contributed by atoms with Crippen LogP contribution >= 0.6 is 0 Å². The van der Waals surface area contributed by atoms with Crippen LogP contribution in [0.15, 0.2) is 42.7 Å². The minimum absolute atomic E-state index is 0.0263. The number of para-hydroxylation sites is 1. The molecule has 3 aliphatic rings. The Hall–Kier alpha value is -2.93. The van der Waals surface area contributed by atoms with Gasteiger partial charge in [0.05, 0.1) is 24.5 Å². The average Bonchev–Trinajstić information content (AvgIpc) is 3.33. The van der Waals surface area contributed by atoms with E-state index in [1.807, 2.05) is 31.3 Å². The van der Waals surface area contributed by atoms with Crippen LogP contribution in [0.4, 0.5) is 0 Å². The van der Waals surface area contributed by atoms with Gasteiger partial charge in [-0.3, -0.25) is 4.40 Å². The van der Waals surface area contributed by atoms with Gasteiger partial charge in [-0.1, -0.05) is 18.2 Å². The summed E-state index contributed by atoms with van der Waals surface area (Å²) in [7, 11) is 0. The molecule has 1 aromatic carbocycles. The van der Waals surface area contributed by atoms with Gasteiger partial charge in [-0.15, -0.1) is 0 Å². The SMILES string of the molecule is CCOc1nc(C(=O)Oc2ccccc2)cn2cc(C34COC(C)(C3)C4)nc12. The quantitative estimate of drug-likeness (QED) is 0.501. The Bertz CT molecular complexity index is 1050. The van der Waals surface area contributed by atoms with Gasteiger partial charge in [0.25, 0.3) is 5.88 Å². The van der Waals surface area contributed by atoms with Crippen molar-refractivity contribution in [3.63, 3.8) is 0 Å². The summed E-state index contributed by atoms with van der Waals surface area (Å²) in [5.41, 5.74) is 1.65. The van der Waals surface area contributed by atoms with Gasteiger partial charge >= 0.3 is 5.97 Å². The van der Waals surface area contributed by atoms with Gasteiger partial charge in [0.15, 0.2) is 5.69 Å². The van der Waals surface area contributed by atoms with Crippen molar-refractivity contribution >= 4 is 11.6 Å². The number of esters is 1. The highest BCUT2D eigenvalue weighted by molar-refractivity contribution is 5.89. The average molecular weight is 379 g/mol. The summed E-state index contributed by atoms with van der Waals surface area (Å²) >= 11 is 0. The fourth-order valence-electron chi connectivity index (χ4n) is 4.36. The van der Waals surface area contributed by atoms with E-state index in [1.54, 1.807) is 22.7 Å². The smallest absolute Gasteiger partial charge is 0.364 e. The van der Waals surface area contributed by atoms with Crippen molar-refractivity contribution < 1.29 is 19.0 Å². The van der Waals surface area contributed by atoms with E-state index in [9.17, 15) is 4.79 Å². The first-order chi connectivity index (χ1) is 13.5. The lowest BCUT2D eigenvalue weighted by molar-refractivity contribution is 0.0154. The van der Waals surface area contributed by atoms with Crippen LogP contribution in [0, 0.1) is 0 Å². The predicted molar refractivity (Wildman–Crippen MR) is 101 cm³/mol. The standard InChI is InChI=1S/C21H21N3O4/c1-3-26-18-17-23-16(21-11-20(2,12-21)27-13-21)10-24(17)9-15(22-18)19(25)28-14-7-5-4-6-8-14/h4-10H,3,11-13H2,1-2H3. The maximum atomic E-state index is 12.6. The Balaban J connectivity index is 1.51. The molecule has 0 amide bonds. The highest BCUT2D eigenvalue weighted by Crippen LogP contribution is 2.58. The van der Waals surface area contributed by atoms with Gasteiger partial charge in [0, 0.05) is 17.8 Å². The third kappa shape index (κ3) is 2.65. The van der Waals surface area contributed by atoms with Crippen molar-refractivity contribution in [2.75, 3.05) is 13.2 Å². The van der Waals surface area contributed by atoms with E-state index < -0.39 is 5.97 Å². The Morgan fingerprint density at radius 3 is 2.68 bits per heavy atom. The highest BCUT2D eigenvalue weighted by Gasteiger charge is 2.61.